The van der Waals surface area contributed by atoms with Crippen LogP contribution in [-0.4, -0.2) is 30.0 Å². The summed E-state index contributed by atoms with van der Waals surface area (Å²) in [5.74, 6) is 0.784. The normalized spacial score (nSPS) is 33.4. The summed E-state index contributed by atoms with van der Waals surface area (Å²) in [7, 11) is 2.08. The largest absolute Gasteiger partial charge is 0.370 e. The van der Waals surface area contributed by atoms with E-state index >= 15 is 0 Å². The Morgan fingerprint density at radius 1 is 1.33 bits per heavy atom. The Morgan fingerprint density at radius 2 is 2.00 bits per heavy atom. The molecule has 0 aromatic carbocycles. The maximum Gasteiger partial charge on any atom is 0.191 e. The van der Waals surface area contributed by atoms with Gasteiger partial charge in [0, 0.05) is 13.1 Å². The zero-order valence-corrected chi connectivity index (χ0v) is 9.58. The van der Waals surface area contributed by atoms with E-state index in [2.05, 4.69) is 11.9 Å². The van der Waals surface area contributed by atoms with Crippen molar-refractivity contribution in [3.63, 3.8) is 0 Å². The van der Waals surface area contributed by atoms with Crippen molar-refractivity contribution >= 4 is 5.96 Å². The molecule has 0 bridgehead atoms. The molecule has 2 N–H and O–H groups in total. The molecule has 84 valence electrons. The summed E-state index contributed by atoms with van der Waals surface area (Å²) in [4.78, 5) is 6.87. The average molecular weight is 207 g/mol. The molecule has 3 heteroatoms. The number of guanidine groups is 1. The minimum absolute atomic E-state index is 0.557. The van der Waals surface area contributed by atoms with Crippen LogP contribution >= 0.6 is 0 Å². The van der Waals surface area contributed by atoms with Gasteiger partial charge in [-0.15, -0.1) is 0 Å². The molecular formula is C12H21N3. The Labute approximate surface area is 91.7 Å². The summed E-state index contributed by atoms with van der Waals surface area (Å²) < 4.78 is 0. The maximum absolute atomic E-state index is 6.03. The minimum atomic E-state index is 0.557. The first kappa shape index (κ1) is 9.49. The number of hydrogen-bond donors (Lipinski definition) is 1. The van der Waals surface area contributed by atoms with Crippen LogP contribution in [0.2, 0.25) is 0 Å². The monoisotopic (exact) mass is 207 g/mol. The van der Waals surface area contributed by atoms with E-state index in [4.69, 9.17) is 10.7 Å². The molecule has 0 amide bonds. The molecule has 1 atom stereocenters. The van der Waals surface area contributed by atoms with Crippen LogP contribution in [0.1, 0.15) is 44.9 Å². The number of aliphatic imine (C=N–C) groups is 1. The molecule has 3 aliphatic carbocycles. The molecule has 3 aliphatic rings. The van der Waals surface area contributed by atoms with Gasteiger partial charge in [-0.2, -0.15) is 0 Å². The molecule has 1 unspecified atom stereocenters. The second-order valence-corrected chi connectivity index (χ2v) is 5.62. The Hall–Kier alpha value is -0.730. The van der Waals surface area contributed by atoms with Crippen LogP contribution in [0.4, 0.5) is 0 Å². The fourth-order valence-corrected chi connectivity index (χ4v) is 3.02. The Morgan fingerprint density at radius 3 is 2.60 bits per heavy atom. The van der Waals surface area contributed by atoms with Crippen LogP contribution < -0.4 is 5.73 Å². The van der Waals surface area contributed by atoms with Gasteiger partial charge in [-0.1, -0.05) is 12.8 Å². The lowest BCUT2D eigenvalue weighted by molar-refractivity contribution is 0.476. The molecule has 0 aromatic heterocycles. The van der Waals surface area contributed by atoms with Crippen molar-refractivity contribution in [2.45, 2.75) is 57.0 Å². The maximum atomic E-state index is 6.03. The van der Waals surface area contributed by atoms with Crippen molar-refractivity contribution in [3.8, 4) is 0 Å². The van der Waals surface area contributed by atoms with Crippen LogP contribution in [0.3, 0.4) is 0 Å². The summed E-state index contributed by atoms with van der Waals surface area (Å²) in [5.41, 5.74) is 6.62. The molecule has 1 spiro atoms. The van der Waals surface area contributed by atoms with Gasteiger partial charge in [0.25, 0.3) is 0 Å². The van der Waals surface area contributed by atoms with E-state index in [1.807, 2.05) is 0 Å². The van der Waals surface area contributed by atoms with Gasteiger partial charge < -0.3 is 10.6 Å². The Kier molecular flexibility index (Phi) is 1.98. The number of nitrogens with zero attached hydrogens (tertiary/aromatic N) is 2. The van der Waals surface area contributed by atoms with Gasteiger partial charge in [-0.3, -0.25) is 0 Å². The third-order valence-corrected chi connectivity index (χ3v) is 4.49. The molecule has 0 saturated heterocycles. The zero-order valence-electron chi connectivity index (χ0n) is 9.58. The van der Waals surface area contributed by atoms with E-state index < -0.39 is 0 Å². The smallest absolute Gasteiger partial charge is 0.191 e. The minimum Gasteiger partial charge on any atom is -0.370 e. The first-order chi connectivity index (χ1) is 7.21. The molecule has 3 fully saturated rings. The van der Waals surface area contributed by atoms with Gasteiger partial charge in [0.15, 0.2) is 5.96 Å². The zero-order chi connectivity index (χ0) is 10.5. The van der Waals surface area contributed by atoms with E-state index in [0.717, 1.165) is 5.96 Å². The lowest BCUT2D eigenvalue weighted by atomic mass is 10.1. The topological polar surface area (TPSA) is 41.6 Å². The Balaban J connectivity index is 1.62. The highest BCUT2D eigenvalue weighted by atomic mass is 15.3. The van der Waals surface area contributed by atoms with Gasteiger partial charge in [-0.25, -0.2) is 4.99 Å². The van der Waals surface area contributed by atoms with Crippen molar-refractivity contribution in [3.05, 3.63) is 0 Å². The fraction of sp³-hybridized carbons (Fsp3) is 0.917. The third kappa shape index (κ3) is 1.62. The van der Waals surface area contributed by atoms with Crippen LogP contribution in [0.15, 0.2) is 4.99 Å². The highest BCUT2D eigenvalue weighted by molar-refractivity contribution is 5.79. The first-order valence-electron chi connectivity index (χ1n) is 6.27. The third-order valence-electron chi connectivity index (χ3n) is 4.49. The van der Waals surface area contributed by atoms with Gasteiger partial charge in [0.1, 0.15) is 0 Å². The lowest BCUT2D eigenvalue weighted by Crippen LogP contribution is -2.36. The van der Waals surface area contributed by atoms with Crippen LogP contribution in [0, 0.1) is 5.41 Å². The average Bonchev–Trinajstić information content (AvgIpc) is 3.08. The van der Waals surface area contributed by atoms with Crippen LogP contribution in [-0.2, 0) is 0 Å². The number of hydrogen-bond acceptors (Lipinski definition) is 1. The van der Waals surface area contributed by atoms with E-state index in [-0.39, 0.29) is 0 Å². The SMILES string of the molecule is CN(C(N)=NC1CC12CCCC2)C1CC1. The standard InChI is InChI=1S/C12H21N3/c1-15(9-4-5-9)11(13)14-10-8-12(10)6-2-3-7-12/h9-10H,2-8H2,1H3,(H2,13,14). The molecule has 0 aliphatic heterocycles. The quantitative estimate of drug-likeness (QED) is 0.553. The predicted octanol–water partition coefficient (Wildman–Crippen LogP) is 1.73. The van der Waals surface area contributed by atoms with Crippen molar-refractivity contribution in [2.75, 3.05) is 7.05 Å². The molecule has 3 saturated carbocycles. The fourth-order valence-electron chi connectivity index (χ4n) is 3.02. The van der Waals surface area contributed by atoms with Crippen molar-refractivity contribution in [2.24, 2.45) is 16.1 Å². The van der Waals surface area contributed by atoms with Gasteiger partial charge in [0.2, 0.25) is 0 Å². The molecular weight excluding hydrogens is 186 g/mol. The first-order valence-corrected chi connectivity index (χ1v) is 6.27. The van der Waals surface area contributed by atoms with Crippen molar-refractivity contribution in [1.29, 1.82) is 0 Å². The molecule has 0 radical (unpaired) electrons. The van der Waals surface area contributed by atoms with E-state index in [9.17, 15) is 0 Å². The lowest BCUT2D eigenvalue weighted by Gasteiger charge is -2.17. The summed E-state index contributed by atoms with van der Waals surface area (Å²) in [6.45, 7) is 0. The van der Waals surface area contributed by atoms with Crippen molar-refractivity contribution in [1.82, 2.24) is 4.90 Å². The second-order valence-electron chi connectivity index (χ2n) is 5.62. The van der Waals surface area contributed by atoms with E-state index in [1.165, 1.54) is 44.9 Å². The predicted molar refractivity (Wildman–Crippen MR) is 61.7 cm³/mol. The van der Waals surface area contributed by atoms with Gasteiger partial charge in [-0.05, 0) is 37.5 Å². The van der Waals surface area contributed by atoms with E-state index in [1.54, 1.807) is 0 Å². The van der Waals surface area contributed by atoms with Crippen LogP contribution in [0.25, 0.3) is 0 Å². The highest BCUT2D eigenvalue weighted by Crippen LogP contribution is 2.59. The highest BCUT2D eigenvalue weighted by Gasteiger charge is 2.55. The number of rotatable bonds is 2. The second kappa shape index (κ2) is 3.13. The summed E-state index contributed by atoms with van der Waals surface area (Å²) in [5, 5.41) is 0. The molecule has 0 aromatic rings. The molecule has 15 heavy (non-hydrogen) atoms. The summed E-state index contributed by atoms with van der Waals surface area (Å²) in [6.07, 6.45) is 9.48. The molecule has 3 rings (SSSR count). The number of nitrogens with two attached hydrogens (primary N) is 1. The summed E-state index contributed by atoms with van der Waals surface area (Å²) in [6, 6.07) is 1.24. The molecule has 0 heterocycles. The summed E-state index contributed by atoms with van der Waals surface area (Å²) >= 11 is 0. The van der Waals surface area contributed by atoms with Gasteiger partial charge >= 0.3 is 0 Å². The van der Waals surface area contributed by atoms with Crippen LogP contribution in [0.5, 0.6) is 0 Å². The van der Waals surface area contributed by atoms with Gasteiger partial charge in [0.05, 0.1) is 6.04 Å². The Bertz CT molecular complexity index is 287. The van der Waals surface area contributed by atoms with Crippen molar-refractivity contribution < 1.29 is 0 Å². The molecule has 3 nitrogen and oxygen atoms in total. The van der Waals surface area contributed by atoms with E-state index in [0.29, 0.717) is 17.5 Å².